The molecule has 160 valence electrons. The van der Waals surface area contributed by atoms with Crippen molar-refractivity contribution in [1.82, 2.24) is 9.97 Å². The molecule has 7 nitrogen and oxygen atoms in total. The van der Waals surface area contributed by atoms with E-state index in [1.54, 1.807) is 18.2 Å². The van der Waals surface area contributed by atoms with Gasteiger partial charge in [0.25, 0.3) is 10.0 Å². The van der Waals surface area contributed by atoms with E-state index in [1.165, 1.54) is 17.5 Å². The molecule has 2 aromatic carbocycles. The van der Waals surface area contributed by atoms with Crippen molar-refractivity contribution in [3.63, 3.8) is 0 Å². The standard InChI is InChI=1S/C21H19ClN4O3S2/c1-12-5-7-17-14(8-12)20-18(31(28,29)26(17)3)10-23-21(25-20)30-11-19(27)24-16-6-4-13(2)9-15(16)22/h4-10H,11H2,1-3H3,(H,24,27). The minimum absolute atomic E-state index is 0.0494. The number of hydrogen-bond donors (Lipinski definition) is 1. The van der Waals surface area contributed by atoms with E-state index in [0.717, 1.165) is 22.9 Å². The number of benzene rings is 2. The lowest BCUT2D eigenvalue weighted by Crippen LogP contribution is -2.31. The van der Waals surface area contributed by atoms with Crippen LogP contribution >= 0.6 is 23.4 Å². The Morgan fingerprint density at radius 1 is 1.16 bits per heavy atom. The molecule has 2 heterocycles. The Bertz CT molecular complexity index is 1310. The third-order valence-electron chi connectivity index (χ3n) is 4.85. The Morgan fingerprint density at radius 2 is 1.87 bits per heavy atom. The van der Waals surface area contributed by atoms with E-state index in [9.17, 15) is 13.2 Å². The number of nitrogens with one attached hydrogen (secondary N) is 1. The first kappa shape index (κ1) is 21.6. The average molecular weight is 475 g/mol. The number of aromatic nitrogens is 2. The third kappa shape index (κ3) is 4.13. The van der Waals surface area contributed by atoms with E-state index in [2.05, 4.69) is 15.3 Å². The van der Waals surface area contributed by atoms with Gasteiger partial charge in [-0.15, -0.1) is 0 Å². The molecule has 3 aromatic rings. The summed E-state index contributed by atoms with van der Waals surface area (Å²) >= 11 is 7.29. The van der Waals surface area contributed by atoms with Crippen LogP contribution in [0.5, 0.6) is 0 Å². The zero-order valence-corrected chi connectivity index (χ0v) is 19.4. The Kier molecular flexibility index (Phi) is 5.67. The molecule has 0 saturated carbocycles. The van der Waals surface area contributed by atoms with Gasteiger partial charge in [-0.05, 0) is 43.7 Å². The molecule has 1 N–H and O–H groups in total. The van der Waals surface area contributed by atoms with Crippen molar-refractivity contribution in [3.05, 3.63) is 58.7 Å². The maximum absolute atomic E-state index is 12.9. The van der Waals surface area contributed by atoms with Crippen molar-refractivity contribution >= 4 is 50.7 Å². The van der Waals surface area contributed by atoms with Gasteiger partial charge in [-0.1, -0.05) is 41.1 Å². The van der Waals surface area contributed by atoms with E-state index < -0.39 is 10.0 Å². The highest BCUT2D eigenvalue weighted by molar-refractivity contribution is 7.99. The monoisotopic (exact) mass is 474 g/mol. The van der Waals surface area contributed by atoms with Crippen LogP contribution in [0.1, 0.15) is 11.1 Å². The van der Waals surface area contributed by atoms with E-state index in [-0.39, 0.29) is 16.6 Å². The summed E-state index contributed by atoms with van der Waals surface area (Å²) in [4.78, 5) is 21.0. The van der Waals surface area contributed by atoms with Gasteiger partial charge in [-0.3, -0.25) is 9.10 Å². The van der Waals surface area contributed by atoms with Crippen LogP contribution in [-0.4, -0.2) is 37.1 Å². The number of nitrogens with zero attached hydrogens (tertiary/aromatic N) is 3. The first-order chi connectivity index (χ1) is 14.7. The fourth-order valence-electron chi connectivity index (χ4n) is 3.23. The molecule has 31 heavy (non-hydrogen) atoms. The molecule has 0 unspecified atom stereocenters. The topological polar surface area (TPSA) is 92.3 Å². The van der Waals surface area contributed by atoms with Crippen LogP contribution in [0.2, 0.25) is 5.02 Å². The zero-order chi connectivity index (χ0) is 22.3. The molecule has 0 fully saturated rings. The van der Waals surface area contributed by atoms with Gasteiger partial charge in [0, 0.05) is 12.6 Å². The number of sulfonamides is 1. The quantitative estimate of drug-likeness (QED) is 0.448. The second-order valence-electron chi connectivity index (χ2n) is 7.18. The molecule has 0 radical (unpaired) electrons. The Morgan fingerprint density at radius 3 is 2.61 bits per heavy atom. The van der Waals surface area contributed by atoms with Gasteiger partial charge in [0.1, 0.15) is 4.90 Å². The molecular formula is C21H19ClN4O3S2. The second-order valence-corrected chi connectivity index (χ2v) is 10.5. The van der Waals surface area contributed by atoms with Crippen LogP contribution < -0.4 is 9.62 Å². The number of hydrogen-bond acceptors (Lipinski definition) is 6. The first-order valence-electron chi connectivity index (χ1n) is 9.32. The normalized spacial score (nSPS) is 14.0. The number of thioether (sulfide) groups is 1. The van der Waals surface area contributed by atoms with Gasteiger partial charge in [-0.2, -0.15) is 0 Å². The van der Waals surface area contributed by atoms with Crippen LogP contribution in [0.15, 0.2) is 52.6 Å². The van der Waals surface area contributed by atoms with E-state index in [4.69, 9.17) is 11.6 Å². The Hall–Kier alpha value is -2.62. The van der Waals surface area contributed by atoms with Gasteiger partial charge in [0.15, 0.2) is 5.16 Å². The molecule has 1 aliphatic heterocycles. The number of anilines is 2. The average Bonchev–Trinajstić information content (AvgIpc) is 2.72. The predicted molar refractivity (Wildman–Crippen MR) is 123 cm³/mol. The van der Waals surface area contributed by atoms with Crippen molar-refractivity contribution in [2.75, 3.05) is 22.4 Å². The molecule has 0 spiro atoms. The molecule has 10 heteroatoms. The van der Waals surface area contributed by atoms with Gasteiger partial charge < -0.3 is 5.32 Å². The van der Waals surface area contributed by atoms with Gasteiger partial charge >= 0.3 is 0 Å². The molecule has 0 atom stereocenters. The lowest BCUT2D eigenvalue weighted by atomic mass is 10.1. The number of fused-ring (bicyclic) bond motifs is 3. The summed E-state index contributed by atoms with van der Waals surface area (Å²) in [6.07, 6.45) is 1.30. The van der Waals surface area contributed by atoms with Crippen LogP contribution in [-0.2, 0) is 14.8 Å². The highest BCUT2D eigenvalue weighted by atomic mass is 35.5. The largest absolute Gasteiger partial charge is 0.324 e. The van der Waals surface area contributed by atoms with Crippen molar-refractivity contribution in [2.24, 2.45) is 0 Å². The SMILES string of the molecule is Cc1ccc(NC(=O)CSc2ncc3c(n2)-c2cc(C)ccc2N(C)S3(=O)=O)c(Cl)c1. The number of aryl methyl sites for hydroxylation is 2. The van der Waals surface area contributed by atoms with Gasteiger partial charge in [-0.25, -0.2) is 18.4 Å². The number of carbonyl (C=O) groups is 1. The summed E-state index contributed by atoms with van der Waals surface area (Å²) in [7, 11) is -2.23. The highest BCUT2D eigenvalue weighted by Crippen LogP contribution is 2.41. The molecular weight excluding hydrogens is 456 g/mol. The number of amides is 1. The van der Waals surface area contributed by atoms with Crippen LogP contribution in [0, 0.1) is 13.8 Å². The summed E-state index contributed by atoms with van der Waals surface area (Å²) < 4.78 is 26.9. The number of carbonyl (C=O) groups excluding carboxylic acids is 1. The fraction of sp³-hybridized carbons (Fsp3) is 0.190. The molecule has 1 aromatic heterocycles. The van der Waals surface area contributed by atoms with Crippen molar-refractivity contribution < 1.29 is 13.2 Å². The molecule has 0 bridgehead atoms. The first-order valence-corrected chi connectivity index (χ1v) is 12.1. The van der Waals surface area contributed by atoms with E-state index in [0.29, 0.717) is 32.8 Å². The van der Waals surface area contributed by atoms with Crippen molar-refractivity contribution in [1.29, 1.82) is 0 Å². The van der Waals surface area contributed by atoms with Crippen molar-refractivity contribution in [3.8, 4) is 11.3 Å². The Balaban J connectivity index is 1.58. The molecule has 4 rings (SSSR count). The van der Waals surface area contributed by atoms with Crippen molar-refractivity contribution in [2.45, 2.75) is 23.9 Å². The van der Waals surface area contributed by atoms with Gasteiger partial charge in [0.05, 0.1) is 34.0 Å². The molecule has 0 aliphatic carbocycles. The lowest BCUT2D eigenvalue weighted by Gasteiger charge is -2.28. The number of halogens is 1. The van der Waals surface area contributed by atoms with E-state index in [1.807, 2.05) is 32.0 Å². The third-order valence-corrected chi connectivity index (χ3v) is 7.80. The summed E-state index contributed by atoms with van der Waals surface area (Å²) in [6, 6.07) is 10.9. The minimum atomic E-state index is -3.74. The summed E-state index contributed by atoms with van der Waals surface area (Å²) in [5, 5.41) is 3.54. The summed E-state index contributed by atoms with van der Waals surface area (Å²) in [5.41, 5.74) is 4.13. The Labute approximate surface area is 189 Å². The predicted octanol–water partition coefficient (Wildman–Crippen LogP) is 4.28. The van der Waals surface area contributed by atoms with Crippen LogP contribution in [0.25, 0.3) is 11.3 Å². The smallest absolute Gasteiger partial charge is 0.267 e. The minimum Gasteiger partial charge on any atom is -0.324 e. The van der Waals surface area contributed by atoms with Crippen LogP contribution in [0.4, 0.5) is 11.4 Å². The number of rotatable bonds is 4. The maximum Gasteiger partial charge on any atom is 0.267 e. The second kappa shape index (κ2) is 8.14. The lowest BCUT2D eigenvalue weighted by molar-refractivity contribution is -0.113. The van der Waals surface area contributed by atoms with Gasteiger partial charge in [0.2, 0.25) is 5.91 Å². The zero-order valence-electron chi connectivity index (χ0n) is 17.0. The molecule has 0 saturated heterocycles. The summed E-state index contributed by atoms with van der Waals surface area (Å²) in [6.45, 7) is 3.85. The molecule has 1 amide bonds. The fourth-order valence-corrected chi connectivity index (χ4v) is 5.43. The maximum atomic E-state index is 12.9. The molecule has 1 aliphatic rings. The van der Waals surface area contributed by atoms with Crippen LogP contribution in [0.3, 0.4) is 0 Å². The summed E-state index contributed by atoms with van der Waals surface area (Å²) in [5.74, 6) is -0.211. The highest BCUT2D eigenvalue weighted by Gasteiger charge is 2.34. The van der Waals surface area contributed by atoms with E-state index >= 15 is 0 Å².